The molecule has 0 aliphatic rings. The molecule has 1 heterocycles. The fourth-order valence-electron chi connectivity index (χ4n) is 2.33. The Morgan fingerprint density at radius 3 is 2.42 bits per heavy atom. The first-order valence-electron chi connectivity index (χ1n) is 7.95. The van der Waals surface area contributed by atoms with Gasteiger partial charge in [0.05, 0.1) is 12.2 Å². The van der Waals surface area contributed by atoms with Gasteiger partial charge in [-0.25, -0.2) is 4.79 Å². The van der Waals surface area contributed by atoms with E-state index in [4.69, 9.17) is 0 Å². The lowest BCUT2D eigenvalue weighted by molar-refractivity contribution is -0.143. The molecule has 2 N–H and O–H groups in total. The van der Waals surface area contributed by atoms with Crippen molar-refractivity contribution in [3.63, 3.8) is 0 Å². The number of urea groups is 1. The van der Waals surface area contributed by atoms with Crippen molar-refractivity contribution in [3.8, 4) is 0 Å². The normalized spacial score (nSPS) is 11.8. The highest BCUT2D eigenvalue weighted by molar-refractivity contribution is 5.73. The zero-order chi connectivity index (χ0) is 18.2. The topological polar surface area (TPSA) is 62.2 Å². The summed E-state index contributed by atoms with van der Waals surface area (Å²) < 4.78 is 38.3. The smallest absolute Gasteiger partial charge is 0.338 e. The summed E-state index contributed by atoms with van der Waals surface area (Å²) in [6.45, 7) is 4.83. The molecule has 1 aromatic heterocycles. The molecule has 24 heavy (non-hydrogen) atoms. The van der Waals surface area contributed by atoms with Crippen molar-refractivity contribution in [2.24, 2.45) is 0 Å². The molecule has 0 unspecified atom stereocenters. The SMILES string of the molecule is Cc1cc(C)n(CCCNC(=O)NCCCN(C)CC(F)(F)F)n1. The average Bonchev–Trinajstić information content (AvgIpc) is 2.76. The predicted octanol–water partition coefficient (Wildman–Crippen LogP) is 2.07. The summed E-state index contributed by atoms with van der Waals surface area (Å²) >= 11 is 0. The molecule has 0 saturated heterocycles. The summed E-state index contributed by atoms with van der Waals surface area (Å²) in [4.78, 5) is 12.7. The van der Waals surface area contributed by atoms with Crippen molar-refractivity contribution in [1.29, 1.82) is 0 Å². The highest BCUT2D eigenvalue weighted by atomic mass is 19.4. The van der Waals surface area contributed by atoms with Crippen LogP contribution in [0.3, 0.4) is 0 Å². The van der Waals surface area contributed by atoms with E-state index in [0.29, 0.717) is 19.5 Å². The van der Waals surface area contributed by atoms with Gasteiger partial charge in [-0.05, 0) is 46.3 Å². The van der Waals surface area contributed by atoms with Crippen molar-refractivity contribution in [2.45, 2.75) is 39.4 Å². The van der Waals surface area contributed by atoms with Gasteiger partial charge in [0.25, 0.3) is 0 Å². The average molecular weight is 349 g/mol. The van der Waals surface area contributed by atoms with E-state index in [-0.39, 0.29) is 12.6 Å². The maximum absolute atomic E-state index is 12.1. The summed E-state index contributed by atoms with van der Waals surface area (Å²) in [6.07, 6.45) is -2.97. The monoisotopic (exact) mass is 349 g/mol. The van der Waals surface area contributed by atoms with Crippen molar-refractivity contribution in [2.75, 3.05) is 33.2 Å². The highest BCUT2D eigenvalue weighted by Gasteiger charge is 2.28. The second-order valence-electron chi connectivity index (χ2n) is 5.89. The van der Waals surface area contributed by atoms with Gasteiger partial charge in [0, 0.05) is 25.3 Å². The fourth-order valence-corrected chi connectivity index (χ4v) is 2.33. The lowest BCUT2D eigenvalue weighted by atomic mass is 10.3. The summed E-state index contributed by atoms with van der Waals surface area (Å²) in [6, 6.07) is 1.69. The van der Waals surface area contributed by atoms with Crippen LogP contribution in [0.5, 0.6) is 0 Å². The molecule has 0 aliphatic heterocycles. The molecule has 0 atom stereocenters. The summed E-state index contributed by atoms with van der Waals surface area (Å²) in [5, 5.41) is 9.69. The van der Waals surface area contributed by atoms with Crippen LogP contribution in [0.1, 0.15) is 24.2 Å². The van der Waals surface area contributed by atoms with E-state index in [9.17, 15) is 18.0 Å². The second kappa shape index (κ2) is 9.51. The number of nitrogens with one attached hydrogen (secondary N) is 2. The third-order valence-electron chi connectivity index (χ3n) is 3.39. The standard InChI is InChI=1S/C15H26F3N5O/c1-12-10-13(2)23(21-12)9-5-7-20-14(24)19-6-4-8-22(3)11-15(16,17)18/h10H,4-9,11H2,1-3H3,(H2,19,20,24). The van der Waals surface area contributed by atoms with Crippen LogP contribution in [0, 0.1) is 13.8 Å². The van der Waals surface area contributed by atoms with Gasteiger partial charge in [-0.15, -0.1) is 0 Å². The molecule has 0 radical (unpaired) electrons. The number of amides is 2. The van der Waals surface area contributed by atoms with Crippen molar-refractivity contribution < 1.29 is 18.0 Å². The third-order valence-corrected chi connectivity index (χ3v) is 3.39. The molecule has 138 valence electrons. The van der Waals surface area contributed by atoms with E-state index >= 15 is 0 Å². The first-order valence-corrected chi connectivity index (χ1v) is 7.95. The minimum Gasteiger partial charge on any atom is -0.338 e. The number of alkyl halides is 3. The molecule has 2 amide bonds. The van der Waals surface area contributed by atoms with Crippen molar-refractivity contribution in [3.05, 3.63) is 17.5 Å². The van der Waals surface area contributed by atoms with Gasteiger partial charge in [0.1, 0.15) is 0 Å². The van der Waals surface area contributed by atoms with Crippen LogP contribution in [-0.4, -0.2) is 60.1 Å². The quantitative estimate of drug-likeness (QED) is 0.671. The van der Waals surface area contributed by atoms with Gasteiger partial charge in [0.15, 0.2) is 0 Å². The van der Waals surface area contributed by atoms with Gasteiger partial charge in [-0.3, -0.25) is 9.58 Å². The van der Waals surface area contributed by atoms with Crippen LogP contribution < -0.4 is 10.6 Å². The number of nitrogens with zero attached hydrogens (tertiary/aromatic N) is 3. The van der Waals surface area contributed by atoms with Crippen molar-refractivity contribution in [1.82, 2.24) is 25.3 Å². The number of aryl methyl sites for hydroxylation is 3. The van der Waals surface area contributed by atoms with E-state index in [0.717, 1.165) is 24.4 Å². The molecule has 0 aromatic carbocycles. The molecule has 1 rings (SSSR count). The first-order chi connectivity index (χ1) is 11.2. The molecule has 0 aliphatic carbocycles. The van der Waals surface area contributed by atoms with Crippen LogP contribution in [0.15, 0.2) is 6.07 Å². The number of carbonyl (C=O) groups is 1. The first kappa shape index (κ1) is 20.3. The van der Waals surface area contributed by atoms with Crippen LogP contribution in [0.25, 0.3) is 0 Å². The number of carbonyl (C=O) groups excluding carboxylic acids is 1. The third kappa shape index (κ3) is 8.76. The summed E-state index contributed by atoms with van der Waals surface area (Å²) in [7, 11) is 1.41. The van der Waals surface area contributed by atoms with Gasteiger partial charge in [-0.1, -0.05) is 0 Å². The molecular formula is C15H26F3N5O. The molecular weight excluding hydrogens is 323 g/mol. The Morgan fingerprint density at radius 1 is 1.25 bits per heavy atom. The summed E-state index contributed by atoms with van der Waals surface area (Å²) in [5.74, 6) is 0. The van der Waals surface area contributed by atoms with Gasteiger partial charge in [0.2, 0.25) is 0 Å². The highest BCUT2D eigenvalue weighted by Crippen LogP contribution is 2.15. The Bertz CT molecular complexity index is 516. The maximum Gasteiger partial charge on any atom is 0.401 e. The minimum absolute atomic E-state index is 0.276. The number of hydrogen-bond donors (Lipinski definition) is 2. The Morgan fingerprint density at radius 2 is 1.88 bits per heavy atom. The predicted molar refractivity (Wildman–Crippen MR) is 85.9 cm³/mol. The molecule has 6 nitrogen and oxygen atoms in total. The lowest BCUT2D eigenvalue weighted by Crippen LogP contribution is -2.38. The molecule has 9 heteroatoms. The van der Waals surface area contributed by atoms with Crippen LogP contribution >= 0.6 is 0 Å². The number of halogens is 3. The van der Waals surface area contributed by atoms with E-state index in [1.807, 2.05) is 24.6 Å². The zero-order valence-electron chi connectivity index (χ0n) is 14.4. The van der Waals surface area contributed by atoms with Gasteiger partial charge >= 0.3 is 12.2 Å². The Balaban J connectivity index is 2.05. The zero-order valence-corrected chi connectivity index (χ0v) is 14.4. The molecule has 0 bridgehead atoms. The summed E-state index contributed by atoms with van der Waals surface area (Å²) in [5.41, 5.74) is 2.05. The van der Waals surface area contributed by atoms with Gasteiger partial charge in [-0.2, -0.15) is 18.3 Å². The van der Waals surface area contributed by atoms with Crippen molar-refractivity contribution >= 4 is 6.03 Å². The van der Waals surface area contributed by atoms with Gasteiger partial charge < -0.3 is 10.6 Å². The van der Waals surface area contributed by atoms with E-state index in [1.54, 1.807) is 0 Å². The molecule has 0 spiro atoms. The van der Waals surface area contributed by atoms with E-state index in [1.165, 1.54) is 11.9 Å². The van der Waals surface area contributed by atoms with Crippen LogP contribution in [0.4, 0.5) is 18.0 Å². The Hall–Kier alpha value is -1.77. The Labute approximate surface area is 140 Å². The molecule has 1 aromatic rings. The largest absolute Gasteiger partial charge is 0.401 e. The van der Waals surface area contributed by atoms with Crippen LogP contribution in [0.2, 0.25) is 0 Å². The minimum atomic E-state index is -4.19. The molecule has 0 fully saturated rings. The number of aromatic nitrogens is 2. The maximum atomic E-state index is 12.1. The Kier molecular flexibility index (Phi) is 8.03. The molecule has 0 saturated carbocycles. The van der Waals surface area contributed by atoms with E-state index < -0.39 is 12.7 Å². The van der Waals surface area contributed by atoms with Crippen LogP contribution in [-0.2, 0) is 6.54 Å². The lowest BCUT2D eigenvalue weighted by Gasteiger charge is -2.18. The number of hydrogen-bond acceptors (Lipinski definition) is 3. The second-order valence-corrected chi connectivity index (χ2v) is 5.89. The van der Waals surface area contributed by atoms with E-state index in [2.05, 4.69) is 15.7 Å². The number of rotatable bonds is 9. The fraction of sp³-hybridized carbons (Fsp3) is 0.733.